The second-order valence-corrected chi connectivity index (χ2v) is 5.93. The fraction of sp³-hybridized carbons (Fsp3) is 0.562. The van der Waals surface area contributed by atoms with E-state index in [2.05, 4.69) is 20.8 Å². The van der Waals surface area contributed by atoms with Gasteiger partial charge in [-0.25, -0.2) is 4.79 Å². The Morgan fingerprint density at radius 3 is 2.50 bits per heavy atom. The molecule has 1 rings (SSSR count). The summed E-state index contributed by atoms with van der Waals surface area (Å²) in [7, 11) is 0. The fourth-order valence-electron chi connectivity index (χ4n) is 1.59. The van der Waals surface area contributed by atoms with Crippen molar-refractivity contribution in [3.63, 3.8) is 0 Å². The second kappa shape index (κ2) is 7.90. The van der Waals surface area contributed by atoms with Gasteiger partial charge in [0.25, 0.3) is 0 Å². The summed E-state index contributed by atoms with van der Waals surface area (Å²) in [6.45, 7) is 8.38. The topological polar surface area (TPSA) is 55.8 Å². The van der Waals surface area contributed by atoms with Crippen LogP contribution in [0.15, 0.2) is 24.3 Å². The molecule has 20 heavy (non-hydrogen) atoms. The van der Waals surface area contributed by atoms with E-state index in [1.807, 2.05) is 0 Å². The molecule has 0 fully saturated rings. The molecular weight excluding hydrogens is 256 g/mol. The van der Waals surface area contributed by atoms with Crippen molar-refractivity contribution in [2.24, 2.45) is 5.41 Å². The third-order valence-corrected chi connectivity index (χ3v) is 2.80. The van der Waals surface area contributed by atoms with Crippen LogP contribution in [0.2, 0.25) is 0 Å². The van der Waals surface area contributed by atoms with Crippen LogP contribution >= 0.6 is 0 Å². The number of benzene rings is 1. The Bertz CT molecular complexity index is 421. The van der Waals surface area contributed by atoms with Gasteiger partial charge >= 0.3 is 5.97 Å². The van der Waals surface area contributed by atoms with Gasteiger partial charge in [-0.1, -0.05) is 32.9 Å². The minimum atomic E-state index is -0.970. The second-order valence-electron chi connectivity index (χ2n) is 5.93. The van der Waals surface area contributed by atoms with Gasteiger partial charge in [-0.3, -0.25) is 0 Å². The predicted octanol–water partition coefficient (Wildman–Crippen LogP) is 3.61. The normalized spacial score (nSPS) is 11.3. The van der Waals surface area contributed by atoms with E-state index < -0.39 is 5.97 Å². The van der Waals surface area contributed by atoms with E-state index in [4.69, 9.17) is 14.6 Å². The van der Waals surface area contributed by atoms with Crippen molar-refractivity contribution < 1.29 is 19.4 Å². The summed E-state index contributed by atoms with van der Waals surface area (Å²) < 4.78 is 11.0. The van der Waals surface area contributed by atoms with Gasteiger partial charge in [0.1, 0.15) is 11.3 Å². The van der Waals surface area contributed by atoms with Crippen LogP contribution in [0.3, 0.4) is 0 Å². The van der Waals surface area contributed by atoms with Crippen molar-refractivity contribution in [3.8, 4) is 5.75 Å². The maximum atomic E-state index is 11.0. The molecule has 0 aromatic heterocycles. The smallest absolute Gasteiger partial charge is 0.339 e. The minimum Gasteiger partial charge on any atom is -0.493 e. The molecule has 0 unspecified atom stereocenters. The lowest BCUT2D eigenvalue weighted by molar-refractivity contribution is 0.0691. The lowest BCUT2D eigenvalue weighted by Gasteiger charge is -2.17. The lowest BCUT2D eigenvalue weighted by atomic mass is 9.93. The van der Waals surface area contributed by atoms with E-state index in [9.17, 15) is 4.79 Å². The van der Waals surface area contributed by atoms with E-state index in [0.29, 0.717) is 19.0 Å². The molecule has 0 heterocycles. The molecule has 0 aliphatic carbocycles. The Morgan fingerprint density at radius 2 is 1.85 bits per heavy atom. The monoisotopic (exact) mass is 280 g/mol. The van der Waals surface area contributed by atoms with Gasteiger partial charge in [-0.05, 0) is 24.0 Å². The van der Waals surface area contributed by atoms with Crippen LogP contribution in [0, 0.1) is 5.41 Å². The number of carboxylic acids is 1. The highest BCUT2D eigenvalue weighted by molar-refractivity contribution is 5.90. The summed E-state index contributed by atoms with van der Waals surface area (Å²) in [6, 6.07) is 6.66. The molecule has 4 heteroatoms. The highest BCUT2D eigenvalue weighted by Crippen LogP contribution is 2.19. The maximum Gasteiger partial charge on any atom is 0.339 e. The summed E-state index contributed by atoms with van der Waals surface area (Å²) in [5.74, 6) is -0.559. The highest BCUT2D eigenvalue weighted by atomic mass is 16.5. The Labute approximate surface area is 120 Å². The third kappa shape index (κ3) is 6.57. The van der Waals surface area contributed by atoms with E-state index in [1.165, 1.54) is 6.07 Å². The Balaban J connectivity index is 2.20. The molecule has 0 aliphatic rings. The number of rotatable bonds is 8. The fourth-order valence-corrected chi connectivity index (χ4v) is 1.59. The Kier molecular flexibility index (Phi) is 6.52. The van der Waals surface area contributed by atoms with E-state index in [0.717, 1.165) is 19.4 Å². The molecular formula is C16H24O4. The molecule has 0 saturated heterocycles. The number of aromatic carboxylic acids is 1. The van der Waals surface area contributed by atoms with Crippen LogP contribution in [0.4, 0.5) is 0 Å². The summed E-state index contributed by atoms with van der Waals surface area (Å²) in [6.07, 6.45) is 1.77. The molecule has 1 aromatic rings. The van der Waals surface area contributed by atoms with E-state index in [-0.39, 0.29) is 11.0 Å². The van der Waals surface area contributed by atoms with Crippen molar-refractivity contribution in [2.75, 3.05) is 19.8 Å². The van der Waals surface area contributed by atoms with Gasteiger partial charge < -0.3 is 14.6 Å². The minimum absolute atomic E-state index is 0.196. The van der Waals surface area contributed by atoms with Crippen LogP contribution in [-0.2, 0) is 4.74 Å². The molecule has 112 valence electrons. The summed E-state index contributed by atoms with van der Waals surface area (Å²) in [5, 5.41) is 9.01. The van der Waals surface area contributed by atoms with Gasteiger partial charge in [0, 0.05) is 19.6 Å². The zero-order valence-electron chi connectivity index (χ0n) is 12.5. The summed E-state index contributed by atoms with van der Waals surface area (Å²) >= 11 is 0. The first-order valence-corrected chi connectivity index (χ1v) is 6.93. The van der Waals surface area contributed by atoms with Crippen molar-refractivity contribution >= 4 is 5.97 Å². The largest absolute Gasteiger partial charge is 0.493 e. The Morgan fingerprint density at radius 1 is 1.15 bits per heavy atom. The van der Waals surface area contributed by atoms with Crippen molar-refractivity contribution in [2.45, 2.75) is 33.6 Å². The van der Waals surface area contributed by atoms with Crippen LogP contribution in [-0.4, -0.2) is 30.9 Å². The van der Waals surface area contributed by atoms with Crippen LogP contribution in [0.5, 0.6) is 5.75 Å². The number of ether oxygens (including phenoxy) is 2. The first-order valence-electron chi connectivity index (χ1n) is 6.93. The quantitative estimate of drug-likeness (QED) is 0.739. The molecule has 4 nitrogen and oxygen atoms in total. The molecule has 0 aliphatic heterocycles. The zero-order valence-corrected chi connectivity index (χ0v) is 12.5. The van der Waals surface area contributed by atoms with Gasteiger partial charge in [-0.2, -0.15) is 0 Å². The van der Waals surface area contributed by atoms with Gasteiger partial charge in [-0.15, -0.1) is 0 Å². The van der Waals surface area contributed by atoms with Crippen LogP contribution in [0.1, 0.15) is 44.0 Å². The molecule has 0 bridgehead atoms. The van der Waals surface area contributed by atoms with E-state index >= 15 is 0 Å². The average Bonchev–Trinajstić information content (AvgIpc) is 2.36. The summed E-state index contributed by atoms with van der Waals surface area (Å²) in [5.41, 5.74) is 0.484. The van der Waals surface area contributed by atoms with Gasteiger partial charge in [0.15, 0.2) is 0 Å². The molecule has 1 aromatic carbocycles. The zero-order chi connectivity index (χ0) is 15.0. The molecule has 0 saturated carbocycles. The number of hydrogen-bond donors (Lipinski definition) is 1. The molecule has 0 amide bonds. The molecule has 0 atom stereocenters. The Hall–Kier alpha value is -1.55. The predicted molar refractivity (Wildman–Crippen MR) is 78.4 cm³/mol. The number of para-hydroxylation sites is 1. The molecule has 0 radical (unpaired) electrons. The standard InChI is InChI=1S/C16H24O4/c1-16(2,3)9-12-19-10-6-11-20-14-8-5-4-7-13(14)15(17)18/h4-5,7-8H,6,9-12H2,1-3H3,(H,17,18). The first kappa shape index (κ1) is 16.5. The van der Waals surface area contributed by atoms with Crippen LogP contribution < -0.4 is 4.74 Å². The average molecular weight is 280 g/mol. The SMILES string of the molecule is CC(C)(C)CCOCCCOc1ccccc1C(=O)O. The number of carbonyl (C=O) groups is 1. The highest BCUT2D eigenvalue weighted by Gasteiger charge is 2.10. The van der Waals surface area contributed by atoms with Gasteiger partial charge in [0.05, 0.1) is 6.61 Å². The first-order chi connectivity index (χ1) is 9.40. The van der Waals surface area contributed by atoms with Crippen molar-refractivity contribution in [1.29, 1.82) is 0 Å². The van der Waals surface area contributed by atoms with Gasteiger partial charge in [0.2, 0.25) is 0 Å². The number of hydrogen-bond acceptors (Lipinski definition) is 3. The maximum absolute atomic E-state index is 11.0. The lowest BCUT2D eigenvalue weighted by Crippen LogP contribution is -2.11. The third-order valence-electron chi connectivity index (χ3n) is 2.80. The molecule has 1 N–H and O–H groups in total. The van der Waals surface area contributed by atoms with Crippen LogP contribution in [0.25, 0.3) is 0 Å². The molecule has 0 spiro atoms. The summed E-state index contributed by atoms with van der Waals surface area (Å²) in [4.78, 5) is 11.0. The number of carboxylic acid groups (broad SMARTS) is 1. The van der Waals surface area contributed by atoms with Crippen molar-refractivity contribution in [3.05, 3.63) is 29.8 Å². The van der Waals surface area contributed by atoms with E-state index in [1.54, 1.807) is 18.2 Å². The van der Waals surface area contributed by atoms with Crippen molar-refractivity contribution in [1.82, 2.24) is 0 Å².